The first-order valence-corrected chi connectivity index (χ1v) is 9.31. The van der Waals surface area contributed by atoms with E-state index in [1.54, 1.807) is 48.5 Å². The minimum Gasteiger partial charge on any atom is -0.461 e. The summed E-state index contributed by atoms with van der Waals surface area (Å²) in [4.78, 5) is 36.1. The van der Waals surface area contributed by atoms with E-state index in [0.29, 0.717) is 11.1 Å². The predicted octanol–water partition coefficient (Wildman–Crippen LogP) is 4.65. The summed E-state index contributed by atoms with van der Waals surface area (Å²) in [7, 11) is 0. The van der Waals surface area contributed by atoms with E-state index in [9.17, 15) is 14.4 Å². The molecule has 0 saturated carbocycles. The molecular weight excluding hydrogens is 366 g/mol. The lowest BCUT2D eigenvalue weighted by Gasteiger charge is -2.07. The zero-order chi connectivity index (χ0) is 20.5. The summed E-state index contributed by atoms with van der Waals surface area (Å²) in [5, 5.41) is 2.81. The molecule has 0 aromatic heterocycles. The molecule has 0 aliphatic heterocycles. The predicted molar refractivity (Wildman–Crippen MR) is 111 cm³/mol. The Labute approximate surface area is 169 Å². The van der Waals surface area contributed by atoms with Gasteiger partial charge >= 0.3 is 5.97 Å². The number of nitrogens with one attached hydrogen (secondary N) is 1. The average Bonchev–Trinajstić information content (AvgIpc) is 2.77. The summed E-state index contributed by atoms with van der Waals surface area (Å²) in [6, 6.07) is 24.9. The van der Waals surface area contributed by atoms with Gasteiger partial charge in [-0.1, -0.05) is 60.7 Å². The van der Waals surface area contributed by atoms with Crippen molar-refractivity contribution in [2.75, 3.05) is 5.32 Å². The second-order valence-electron chi connectivity index (χ2n) is 6.47. The molecule has 0 aliphatic carbocycles. The van der Waals surface area contributed by atoms with Crippen molar-refractivity contribution in [1.82, 2.24) is 0 Å². The normalized spacial score (nSPS) is 10.2. The molecule has 0 unspecified atom stereocenters. The highest BCUT2D eigenvalue weighted by Gasteiger charge is 2.11. The van der Waals surface area contributed by atoms with E-state index in [4.69, 9.17) is 4.74 Å². The molecular formula is C24H21NO4. The van der Waals surface area contributed by atoms with E-state index < -0.39 is 5.97 Å². The number of hydrogen-bond acceptors (Lipinski definition) is 4. The second-order valence-corrected chi connectivity index (χ2v) is 6.47. The molecule has 0 saturated heterocycles. The lowest BCUT2D eigenvalue weighted by Crippen LogP contribution is -2.12. The van der Waals surface area contributed by atoms with Crippen LogP contribution < -0.4 is 5.32 Å². The molecule has 29 heavy (non-hydrogen) atoms. The van der Waals surface area contributed by atoms with E-state index in [-0.39, 0.29) is 31.1 Å². The van der Waals surface area contributed by atoms with Gasteiger partial charge in [0, 0.05) is 23.2 Å². The van der Waals surface area contributed by atoms with Crippen LogP contribution in [0.4, 0.5) is 5.69 Å². The molecule has 3 aromatic carbocycles. The summed E-state index contributed by atoms with van der Waals surface area (Å²) >= 11 is 0. The Morgan fingerprint density at radius 3 is 1.97 bits per heavy atom. The molecule has 0 aliphatic rings. The van der Waals surface area contributed by atoms with Gasteiger partial charge in [-0.15, -0.1) is 0 Å². The number of benzene rings is 3. The van der Waals surface area contributed by atoms with Crippen LogP contribution in [0, 0.1) is 0 Å². The lowest BCUT2D eigenvalue weighted by atomic mass is 10.1. The summed E-state index contributed by atoms with van der Waals surface area (Å²) < 4.78 is 5.22. The highest BCUT2D eigenvalue weighted by atomic mass is 16.5. The molecule has 146 valence electrons. The van der Waals surface area contributed by atoms with Crippen molar-refractivity contribution in [3.8, 4) is 0 Å². The van der Waals surface area contributed by atoms with E-state index in [1.807, 2.05) is 36.4 Å². The highest BCUT2D eigenvalue weighted by molar-refractivity contribution is 6.04. The van der Waals surface area contributed by atoms with Crippen molar-refractivity contribution in [2.24, 2.45) is 0 Å². The first-order chi connectivity index (χ1) is 14.1. The number of ketones is 1. The van der Waals surface area contributed by atoms with Gasteiger partial charge in [-0.25, -0.2) is 0 Å². The Morgan fingerprint density at radius 1 is 0.690 bits per heavy atom. The Morgan fingerprint density at radius 2 is 1.31 bits per heavy atom. The highest BCUT2D eigenvalue weighted by Crippen LogP contribution is 2.11. The first kappa shape index (κ1) is 20.0. The Bertz CT molecular complexity index is 967. The molecule has 0 spiro atoms. The third kappa shape index (κ3) is 6.14. The van der Waals surface area contributed by atoms with Gasteiger partial charge in [0.05, 0.1) is 6.42 Å². The van der Waals surface area contributed by atoms with Crippen molar-refractivity contribution in [3.05, 3.63) is 102 Å². The first-order valence-electron chi connectivity index (χ1n) is 9.31. The van der Waals surface area contributed by atoms with Crippen LogP contribution in [0.25, 0.3) is 0 Å². The van der Waals surface area contributed by atoms with Gasteiger partial charge in [-0.05, 0) is 29.8 Å². The van der Waals surface area contributed by atoms with Crippen LogP contribution in [0.3, 0.4) is 0 Å². The maximum atomic E-state index is 12.2. The van der Waals surface area contributed by atoms with Gasteiger partial charge in [0.25, 0.3) is 5.91 Å². The number of Topliss-reactive ketones (excluding diaryl/α,β-unsaturated/α-hetero) is 1. The van der Waals surface area contributed by atoms with Crippen molar-refractivity contribution < 1.29 is 19.1 Å². The van der Waals surface area contributed by atoms with Gasteiger partial charge in [0.15, 0.2) is 5.78 Å². The molecule has 3 aromatic rings. The van der Waals surface area contributed by atoms with Crippen LogP contribution in [-0.4, -0.2) is 17.7 Å². The minimum absolute atomic E-state index is 0.0330. The molecule has 5 heteroatoms. The summed E-state index contributed by atoms with van der Waals surface area (Å²) in [5.74, 6) is -0.726. The van der Waals surface area contributed by atoms with Gasteiger partial charge in [-0.3, -0.25) is 14.4 Å². The molecule has 5 nitrogen and oxygen atoms in total. The quantitative estimate of drug-likeness (QED) is 0.451. The number of esters is 1. The third-order valence-electron chi connectivity index (χ3n) is 4.30. The fourth-order valence-electron chi connectivity index (χ4n) is 2.70. The van der Waals surface area contributed by atoms with Crippen molar-refractivity contribution in [1.29, 1.82) is 0 Å². The third-order valence-corrected chi connectivity index (χ3v) is 4.30. The lowest BCUT2D eigenvalue weighted by molar-refractivity contribution is -0.144. The molecule has 0 fully saturated rings. The molecule has 1 N–H and O–H groups in total. The Balaban J connectivity index is 1.44. The summed E-state index contributed by atoms with van der Waals surface area (Å²) in [6.07, 6.45) is 0.146. The Kier molecular flexibility index (Phi) is 6.90. The van der Waals surface area contributed by atoms with E-state index in [2.05, 4.69) is 5.32 Å². The van der Waals surface area contributed by atoms with Crippen molar-refractivity contribution in [3.63, 3.8) is 0 Å². The van der Waals surface area contributed by atoms with E-state index >= 15 is 0 Å². The second kappa shape index (κ2) is 9.99. The number of hydrogen-bond donors (Lipinski definition) is 1. The number of anilines is 1. The Hall–Kier alpha value is -3.73. The molecule has 0 radical (unpaired) electrons. The van der Waals surface area contributed by atoms with E-state index in [0.717, 1.165) is 11.3 Å². The number of carbonyl (C=O) groups is 3. The van der Waals surface area contributed by atoms with Crippen LogP contribution in [-0.2, 0) is 16.1 Å². The largest absolute Gasteiger partial charge is 0.461 e. The number of amides is 1. The number of ether oxygens (including phenoxy) is 1. The monoisotopic (exact) mass is 387 g/mol. The van der Waals surface area contributed by atoms with Crippen molar-refractivity contribution >= 4 is 23.3 Å². The van der Waals surface area contributed by atoms with Gasteiger partial charge < -0.3 is 10.1 Å². The van der Waals surface area contributed by atoms with Gasteiger partial charge in [0.2, 0.25) is 0 Å². The number of rotatable bonds is 8. The van der Waals surface area contributed by atoms with E-state index in [1.165, 1.54) is 0 Å². The fraction of sp³-hybridized carbons (Fsp3) is 0.125. The molecule has 0 atom stereocenters. The maximum Gasteiger partial charge on any atom is 0.306 e. The standard InChI is InChI=1S/C24H21NO4/c26-22(19-7-3-1-4-8-19)15-16-23(27)29-17-18-11-13-20(14-12-18)24(28)25-21-9-5-2-6-10-21/h1-14H,15-17H2,(H,25,28). The summed E-state index contributed by atoms with van der Waals surface area (Å²) in [5.41, 5.74) is 2.59. The topological polar surface area (TPSA) is 72.5 Å². The molecule has 0 heterocycles. The SMILES string of the molecule is O=C(CCC(=O)c1ccccc1)OCc1ccc(C(=O)Nc2ccccc2)cc1. The minimum atomic E-state index is -0.430. The summed E-state index contributed by atoms with van der Waals surface area (Å²) in [6.45, 7) is 0.0962. The molecule has 0 bridgehead atoms. The maximum absolute atomic E-state index is 12.2. The van der Waals surface area contributed by atoms with Crippen LogP contribution in [0.5, 0.6) is 0 Å². The molecule has 1 amide bonds. The number of para-hydroxylation sites is 1. The van der Waals surface area contributed by atoms with Crippen LogP contribution in [0.1, 0.15) is 39.1 Å². The average molecular weight is 387 g/mol. The zero-order valence-electron chi connectivity index (χ0n) is 15.8. The van der Waals surface area contributed by atoms with Gasteiger partial charge in [-0.2, -0.15) is 0 Å². The molecule has 3 rings (SSSR count). The van der Waals surface area contributed by atoms with Crippen LogP contribution in [0.2, 0.25) is 0 Å². The fourth-order valence-corrected chi connectivity index (χ4v) is 2.70. The zero-order valence-corrected chi connectivity index (χ0v) is 15.8. The van der Waals surface area contributed by atoms with Crippen molar-refractivity contribution in [2.45, 2.75) is 19.4 Å². The van der Waals surface area contributed by atoms with Crippen LogP contribution >= 0.6 is 0 Å². The number of carbonyl (C=O) groups excluding carboxylic acids is 3. The van der Waals surface area contributed by atoms with Gasteiger partial charge in [0.1, 0.15) is 6.61 Å². The van der Waals surface area contributed by atoms with Crippen LogP contribution in [0.15, 0.2) is 84.9 Å². The smallest absolute Gasteiger partial charge is 0.306 e.